The van der Waals surface area contributed by atoms with Crippen molar-refractivity contribution in [2.45, 2.75) is 18.0 Å². The molecule has 0 aliphatic carbocycles. The molecule has 198 valence electrons. The fourth-order valence-corrected chi connectivity index (χ4v) is 6.31. The Balaban J connectivity index is 1.43. The lowest BCUT2D eigenvalue weighted by molar-refractivity contribution is 0.0985. The van der Waals surface area contributed by atoms with E-state index in [1.54, 1.807) is 31.2 Å². The van der Waals surface area contributed by atoms with E-state index in [0.717, 1.165) is 21.3 Å². The van der Waals surface area contributed by atoms with Crippen LogP contribution in [0, 0.1) is 0 Å². The van der Waals surface area contributed by atoms with Gasteiger partial charge in [-0.25, -0.2) is 13.4 Å². The van der Waals surface area contributed by atoms with Crippen LogP contribution < -0.4 is 9.64 Å². The summed E-state index contributed by atoms with van der Waals surface area (Å²) in [5.41, 5.74) is 2.97. The van der Waals surface area contributed by atoms with Gasteiger partial charge in [-0.3, -0.25) is 9.69 Å². The fourth-order valence-electron chi connectivity index (χ4n) is 4.16. The van der Waals surface area contributed by atoms with Crippen LogP contribution in [0.15, 0.2) is 108 Å². The van der Waals surface area contributed by atoms with Gasteiger partial charge in [0.05, 0.1) is 28.8 Å². The third-order valence-corrected chi connectivity index (χ3v) is 9.16. The number of methoxy groups -OCH3 is 1. The molecule has 0 fully saturated rings. The predicted octanol–water partition coefficient (Wildman–Crippen LogP) is 5.97. The number of fused-ring (bicyclic) bond motifs is 1. The zero-order valence-electron chi connectivity index (χ0n) is 21.5. The maximum atomic E-state index is 13.8. The molecule has 0 spiro atoms. The Hall–Kier alpha value is -4.05. The summed E-state index contributed by atoms with van der Waals surface area (Å²) in [6, 6.07) is 30.7. The summed E-state index contributed by atoms with van der Waals surface area (Å²) >= 11 is 1.40. The first-order chi connectivity index (χ1) is 18.8. The maximum Gasteiger partial charge on any atom is 0.260 e. The first-order valence-electron chi connectivity index (χ1n) is 12.3. The number of benzene rings is 4. The average Bonchev–Trinajstić information content (AvgIpc) is 3.39. The highest BCUT2D eigenvalue weighted by Crippen LogP contribution is 2.33. The summed E-state index contributed by atoms with van der Waals surface area (Å²) in [4.78, 5) is 20.3. The fraction of sp³-hybridized carbons (Fsp3) is 0.133. The first-order valence-corrected chi connectivity index (χ1v) is 14.5. The standard InChI is InChI=1S/C30H27N3O4S2/c1-32(20-22-9-5-3-6-10-22)39(35,36)26-16-13-24(14-17-26)29(34)33(21-23-11-7-4-8-12-23)30-31-27-18-15-25(37-2)19-28(27)38-30/h3-19H,20-21H2,1-2H3. The lowest BCUT2D eigenvalue weighted by Gasteiger charge is -2.21. The Morgan fingerprint density at radius 3 is 2.08 bits per heavy atom. The number of anilines is 1. The van der Waals surface area contributed by atoms with Gasteiger partial charge in [0.2, 0.25) is 10.0 Å². The van der Waals surface area contributed by atoms with Gasteiger partial charge in [0.15, 0.2) is 5.13 Å². The van der Waals surface area contributed by atoms with Gasteiger partial charge in [0.1, 0.15) is 5.75 Å². The number of carbonyl (C=O) groups is 1. The second kappa shape index (κ2) is 11.4. The zero-order valence-corrected chi connectivity index (χ0v) is 23.2. The van der Waals surface area contributed by atoms with Crippen molar-refractivity contribution in [2.75, 3.05) is 19.1 Å². The minimum atomic E-state index is -3.74. The van der Waals surface area contributed by atoms with Gasteiger partial charge in [-0.05, 0) is 53.6 Å². The van der Waals surface area contributed by atoms with Crippen LogP contribution >= 0.6 is 11.3 Å². The van der Waals surface area contributed by atoms with E-state index in [1.807, 2.05) is 78.9 Å². The molecule has 1 amide bonds. The van der Waals surface area contributed by atoms with Crippen LogP contribution in [-0.2, 0) is 23.1 Å². The van der Waals surface area contributed by atoms with Crippen LogP contribution in [0.25, 0.3) is 10.2 Å². The number of rotatable bonds is 9. The molecule has 5 aromatic rings. The number of sulfonamides is 1. The number of aromatic nitrogens is 1. The van der Waals surface area contributed by atoms with E-state index in [2.05, 4.69) is 0 Å². The highest BCUT2D eigenvalue weighted by molar-refractivity contribution is 7.89. The quantitative estimate of drug-likeness (QED) is 0.223. The van der Waals surface area contributed by atoms with Crippen molar-refractivity contribution >= 4 is 42.6 Å². The number of hydrogen-bond acceptors (Lipinski definition) is 6. The van der Waals surface area contributed by atoms with Crippen LogP contribution in [0.3, 0.4) is 0 Å². The molecule has 0 aliphatic rings. The van der Waals surface area contributed by atoms with E-state index in [9.17, 15) is 13.2 Å². The molecule has 0 saturated heterocycles. The van der Waals surface area contributed by atoms with Crippen LogP contribution in [-0.4, -0.2) is 37.8 Å². The van der Waals surface area contributed by atoms with Crippen molar-refractivity contribution < 1.29 is 17.9 Å². The Morgan fingerprint density at radius 1 is 0.846 bits per heavy atom. The van der Waals surface area contributed by atoms with Gasteiger partial charge < -0.3 is 4.74 Å². The van der Waals surface area contributed by atoms with Crippen molar-refractivity contribution in [3.05, 3.63) is 120 Å². The van der Waals surface area contributed by atoms with Crippen molar-refractivity contribution in [1.82, 2.24) is 9.29 Å². The lowest BCUT2D eigenvalue weighted by atomic mass is 10.1. The van der Waals surface area contributed by atoms with Gasteiger partial charge in [0.25, 0.3) is 5.91 Å². The van der Waals surface area contributed by atoms with E-state index >= 15 is 0 Å². The molecule has 0 atom stereocenters. The minimum Gasteiger partial charge on any atom is -0.497 e. The van der Waals surface area contributed by atoms with Crippen molar-refractivity contribution in [2.24, 2.45) is 0 Å². The van der Waals surface area contributed by atoms with E-state index in [-0.39, 0.29) is 17.3 Å². The number of thiazole rings is 1. The number of nitrogens with zero attached hydrogens (tertiary/aromatic N) is 3. The van der Waals surface area contributed by atoms with Crippen molar-refractivity contribution in [3.63, 3.8) is 0 Å². The molecule has 0 aliphatic heterocycles. The number of hydrogen-bond donors (Lipinski definition) is 0. The third kappa shape index (κ3) is 5.85. The number of ether oxygens (including phenoxy) is 1. The van der Waals surface area contributed by atoms with E-state index in [1.165, 1.54) is 27.8 Å². The maximum absolute atomic E-state index is 13.8. The van der Waals surface area contributed by atoms with Gasteiger partial charge in [-0.15, -0.1) is 0 Å². The summed E-state index contributed by atoms with van der Waals surface area (Å²) in [7, 11) is -0.583. The second-order valence-corrected chi connectivity index (χ2v) is 12.0. The lowest BCUT2D eigenvalue weighted by Crippen LogP contribution is -2.30. The van der Waals surface area contributed by atoms with Crippen LogP contribution in [0.5, 0.6) is 5.75 Å². The summed E-state index contributed by atoms with van der Waals surface area (Å²) < 4.78 is 33.9. The molecule has 9 heteroatoms. The highest BCUT2D eigenvalue weighted by Gasteiger charge is 2.25. The molecule has 0 radical (unpaired) electrons. The van der Waals surface area contributed by atoms with E-state index in [0.29, 0.717) is 23.0 Å². The second-order valence-electron chi connectivity index (χ2n) is 8.98. The Bertz CT molecular complexity index is 1690. The SMILES string of the molecule is COc1ccc2nc(N(Cc3ccccc3)C(=O)c3ccc(S(=O)(=O)N(C)Cc4ccccc4)cc3)sc2c1. The minimum absolute atomic E-state index is 0.124. The van der Waals surface area contributed by atoms with E-state index in [4.69, 9.17) is 9.72 Å². The van der Waals surface area contributed by atoms with Gasteiger partial charge in [-0.2, -0.15) is 4.31 Å². The largest absolute Gasteiger partial charge is 0.497 e. The highest BCUT2D eigenvalue weighted by atomic mass is 32.2. The van der Waals surface area contributed by atoms with E-state index < -0.39 is 10.0 Å². The topological polar surface area (TPSA) is 79.8 Å². The first kappa shape index (κ1) is 26.6. The van der Waals surface area contributed by atoms with Crippen LogP contribution in [0.2, 0.25) is 0 Å². The summed E-state index contributed by atoms with van der Waals surface area (Å²) in [5.74, 6) is 0.444. The molecule has 1 aromatic heterocycles. The molecular weight excluding hydrogens is 530 g/mol. The zero-order chi connectivity index (χ0) is 27.4. The Morgan fingerprint density at radius 2 is 1.46 bits per heavy atom. The smallest absolute Gasteiger partial charge is 0.260 e. The Labute approximate surface area is 232 Å². The number of amides is 1. The van der Waals surface area contributed by atoms with Gasteiger partial charge >= 0.3 is 0 Å². The summed E-state index contributed by atoms with van der Waals surface area (Å²) in [5, 5.41) is 0.548. The van der Waals surface area contributed by atoms with Crippen LogP contribution in [0.4, 0.5) is 5.13 Å². The summed E-state index contributed by atoms with van der Waals surface area (Å²) in [6.45, 7) is 0.563. The van der Waals surface area contributed by atoms with Gasteiger partial charge in [0, 0.05) is 19.2 Å². The molecule has 5 rings (SSSR count). The van der Waals surface area contributed by atoms with Crippen molar-refractivity contribution in [3.8, 4) is 5.75 Å². The molecule has 0 bridgehead atoms. The third-order valence-electron chi connectivity index (χ3n) is 6.30. The molecule has 0 unspecified atom stereocenters. The molecule has 39 heavy (non-hydrogen) atoms. The molecule has 1 heterocycles. The predicted molar refractivity (Wildman–Crippen MR) is 155 cm³/mol. The molecule has 7 nitrogen and oxygen atoms in total. The molecular formula is C30H27N3O4S2. The molecule has 0 N–H and O–H groups in total. The van der Waals surface area contributed by atoms with Crippen LogP contribution in [0.1, 0.15) is 21.5 Å². The summed E-state index contributed by atoms with van der Waals surface area (Å²) in [6.07, 6.45) is 0. The number of carbonyl (C=O) groups excluding carboxylic acids is 1. The normalized spacial score (nSPS) is 11.6. The Kier molecular flexibility index (Phi) is 7.74. The monoisotopic (exact) mass is 557 g/mol. The van der Waals surface area contributed by atoms with Crippen molar-refractivity contribution in [1.29, 1.82) is 0 Å². The van der Waals surface area contributed by atoms with Gasteiger partial charge in [-0.1, -0.05) is 72.0 Å². The average molecular weight is 558 g/mol. The molecule has 0 saturated carbocycles. The molecule has 4 aromatic carbocycles.